The molecule has 0 amide bonds. The van der Waals surface area contributed by atoms with Gasteiger partial charge in [-0.2, -0.15) is 0 Å². The van der Waals surface area contributed by atoms with E-state index in [2.05, 4.69) is 146 Å². The Morgan fingerprint density at radius 2 is 0.976 bits per heavy atom. The summed E-state index contributed by atoms with van der Waals surface area (Å²) in [6, 6.07) is 34.7. The van der Waals surface area contributed by atoms with E-state index in [-0.39, 0.29) is 0 Å². The van der Waals surface area contributed by atoms with Gasteiger partial charge in [0.15, 0.2) is 0 Å². The van der Waals surface area contributed by atoms with Crippen LogP contribution in [0.5, 0.6) is 0 Å². The Hall–Kier alpha value is -4.70. The Bertz CT molecular complexity index is 1660. The molecule has 0 radical (unpaired) electrons. The third-order valence-electron chi connectivity index (χ3n) is 7.70. The summed E-state index contributed by atoms with van der Waals surface area (Å²) in [4.78, 5) is 9.54. The van der Waals surface area contributed by atoms with E-state index in [4.69, 9.17) is 9.97 Å². The van der Waals surface area contributed by atoms with Crippen LogP contribution in [-0.2, 0) is 6.42 Å². The molecule has 0 saturated heterocycles. The smallest absolute Gasteiger partial charge is 0.144 e. The summed E-state index contributed by atoms with van der Waals surface area (Å²) in [6.45, 7) is 8.94. The van der Waals surface area contributed by atoms with Gasteiger partial charge in [0.2, 0.25) is 0 Å². The Balaban J connectivity index is 1.31. The number of hydrogen-bond donors (Lipinski definition) is 0. The topological polar surface area (TPSA) is 35.6 Å². The van der Waals surface area contributed by atoms with Gasteiger partial charge < -0.3 is 0 Å². The first-order valence-corrected chi connectivity index (χ1v) is 14.4. The van der Waals surface area contributed by atoms with Crippen LogP contribution in [0.15, 0.2) is 122 Å². The first-order valence-electron chi connectivity index (χ1n) is 14.4. The molecule has 0 saturated carbocycles. The van der Waals surface area contributed by atoms with Crippen LogP contribution in [0.1, 0.15) is 61.8 Å². The van der Waals surface area contributed by atoms with Crippen molar-refractivity contribution in [1.29, 1.82) is 0 Å². The molecule has 0 unspecified atom stereocenters. The summed E-state index contributed by atoms with van der Waals surface area (Å²) in [7, 11) is 0. The Morgan fingerprint density at radius 3 is 1.41 bits per heavy atom. The molecule has 4 heteroatoms. The van der Waals surface area contributed by atoms with Crippen LogP contribution in [0.2, 0.25) is 0 Å². The van der Waals surface area contributed by atoms with Gasteiger partial charge in [-0.05, 0) is 64.8 Å². The lowest BCUT2D eigenvalue weighted by atomic mass is 9.99. The minimum absolute atomic E-state index is 0.425. The molecule has 41 heavy (non-hydrogen) atoms. The van der Waals surface area contributed by atoms with Crippen molar-refractivity contribution in [2.45, 2.75) is 46.0 Å². The summed E-state index contributed by atoms with van der Waals surface area (Å²) in [5.74, 6) is 2.77. The highest BCUT2D eigenvalue weighted by Gasteiger charge is 2.15. The van der Waals surface area contributed by atoms with Crippen LogP contribution in [0.4, 0.5) is 0 Å². The van der Waals surface area contributed by atoms with Crippen LogP contribution in [0.3, 0.4) is 0 Å². The second-order valence-electron chi connectivity index (χ2n) is 11.2. The van der Waals surface area contributed by atoms with Gasteiger partial charge in [-0.15, -0.1) is 0 Å². The maximum Gasteiger partial charge on any atom is 0.144 e. The van der Waals surface area contributed by atoms with E-state index in [1.807, 2.05) is 12.4 Å². The van der Waals surface area contributed by atoms with Gasteiger partial charge in [-0.25, -0.2) is 9.97 Å². The summed E-state index contributed by atoms with van der Waals surface area (Å²) >= 11 is 0. The summed E-state index contributed by atoms with van der Waals surface area (Å²) < 4.78 is 4.42. The summed E-state index contributed by atoms with van der Waals surface area (Å²) in [5.41, 5.74) is 9.72. The lowest BCUT2D eigenvalue weighted by Gasteiger charge is -2.16. The second-order valence-corrected chi connectivity index (χ2v) is 11.2. The molecule has 204 valence electrons. The van der Waals surface area contributed by atoms with Crippen LogP contribution in [-0.4, -0.2) is 19.1 Å². The van der Waals surface area contributed by atoms with Gasteiger partial charge in [0.1, 0.15) is 11.6 Å². The quantitative estimate of drug-likeness (QED) is 0.194. The number of para-hydroxylation sites is 2. The van der Waals surface area contributed by atoms with Crippen molar-refractivity contribution in [2.75, 3.05) is 0 Å². The number of rotatable bonds is 8. The average molecular weight is 537 g/mol. The Kier molecular flexibility index (Phi) is 7.39. The zero-order valence-electron chi connectivity index (χ0n) is 24.2. The fourth-order valence-corrected chi connectivity index (χ4v) is 5.69. The van der Waals surface area contributed by atoms with Crippen molar-refractivity contribution in [3.63, 3.8) is 0 Å². The van der Waals surface area contributed by atoms with Gasteiger partial charge >= 0.3 is 0 Å². The van der Waals surface area contributed by atoms with Gasteiger partial charge in [0, 0.05) is 35.9 Å². The first-order chi connectivity index (χ1) is 20.0. The molecule has 0 aliphatic carbocycles. The zero-order chi connectivity index (χ0) is 28.3. The summed E-state index contributed by atoms with van der Waals surface area (Å²) in [5, 5.41) is 0. The van der Waals surface area contributed by atoms with E-state index in [0.29, 0.717) is 11.8 Å². The normalized spacial score (nSPS) is 11.5. The van der Waals surface area contributed by atoms with Crippen molar-refractivity contribution in [3.8, 4) is 34.2 Å². The van der Waals surface area contributed by atoms with E-state index < -0.39 is 0 Å². The van der Waals surface area contributed by atoms with Crippen molar-refractivity contribution >= 4 is 0 Å². The molecule has 4 aromatic carbocycles. The van der Waals surface area contributed by atoms with Crippen molar-refractivity contribution in [1.82, 2.24) is 19.1 Å². The Labute approximate surface area is 243 Å². The fraction of sp³-hybridized carbons (Fsp3) is 0.189. The van der Waals surface area contributed by atoms with Crippen molar-refractivity contribution in [2.24, 2.45) is 0 Å². The van der Waals surface area contributed by atoms with E-state index in [1.165, 1.54) is 33.6 Å². The Morgan fingerprint density at radius 1 is 0.537 bits per heavy atom. The lowest BCUT2D eigenvalue weighted by molar-refractivity contribution is 0.847. The zero-order valence-corrected chi connectivity index (χ0v) is 24.2. The first kappa shape index (κ1) is 26.5. The van der Waals surface area contributed by atoms with Crippen molar-refractivity contribution in [3.05, 3.63) is 144 Å². The number of hydrogen-bond acceptors (Lipinski definition) is 2. The molecule has 0 atom stereocenters. The second kappa shape index (κ2) is 11.4. The van der Waals surface area contributed by atoms with Crippen molar-refractivity contribution < 1.29 is 0 Å². The minimum atomic E-state index is 0.425. The maximum atomic E-state index is 4.77. The monoisotopic (exact) mass is 536 g/mol. The van der Waals surface area contributed by atoms with Gasteiger partial charge in [-0.1, -0.05) is 100 Å². The van der Waals surface area contributed by atoms with Gasteiger partial charge in [0.05, 0.1) is 11.4 Å². The number of benzene rings is 4. The highest BCUT2D eigenvalue weighted by atomic mass is 15.1. The third-order valence-corrected chi connectivity index (χ3v) is 7.70. The number of aromatic nitrogens is 4. The van der Waals surface area contributed by atoms with Crippen LogP contribution >= 0.6 is 0 Å². The minimum Gasteiger partial charge on any atom is -0.300 e. The van der Waals surface area contributed by atoms with E-state index in [9.17, 15) is 0 Å². The molecule has 0 spiro atoms. The number of nitrogens with zero attached hydrogens (tertiary/aromatic N) is 4. The molecule has 6 rings (SSSR count). The number of imidazole rings is 2. The molecule has 6 aromatic rings. The molecule has 2 heterocycles. The lowest BCUT2D eigenvalue weighted by Crippen LogP contribution is -2.03. The summed E-state index contributed by atoms with van der Waals surface area (Å²) in [6.07, 6.45) is 8.73. The molecule has 0 aliphatic heterocycles. The molecule has 0 bridgehead atoms. The molecule has 0 N–H and O–H groups in total. The standard InChI is InChI=1S/C37H36N4/c1-26(2)32-15-5-7-17-34(32)40-21-19-38-36(40)30-13-9-11-28(24-30)23-29-12-10-14-31(25-29)37-39-20-22-41(37)35-18-8-6-16-33(35)27(3)4/h5-22,24-27H,23H2,1-4H3. The SMILES string of the molecule is CC(C)c1ccccc1-n1ccnc1-c1cccc(Cc2cccc(-c3nccn3-c3ccccc3C(C)C)c2)c1. The van der Waals surface area contributed by atoms with E-state index >= 15 is 0 Å². The average Bonchev–Trinajstić information content (AvgIpc) is 3.68. The van der Waals surface area contributed by atoms with E-state index in [1.54, 1.807) is 0 Å². The molecule has 0 fully saturated rings. The highest BCUT2D eigenvalue weighted by molar-refractivity contribution is 5.63. The predicted octanol–water partition coefficient (Wildman–Crippen LogP) is 9.23. The van der Waals surface area contributed by atoms with Gasteiger partial charge in [-0.3, -0.25) is 9.13 Å². The van der Waals surface area contributed by atoms with Crippen LogP contribution < -0.4 is 0 Å². The molecular formula is C37H36N4. The molecule has 0 aliphatic rings. The maximum absolute atomic E-state index is 4.77. The van der Waals surface area contributed by atoms with Gasteiger partial charge in [0.25, 0.3) is 0 Å². The third kappa shape index (κ3) is 5.38. The van der Waals surface area contributed by atoms with Crippen LogP contribution in [0.25, 0.3) is 34.2 Å². The molecule has 2 aromatic heterocycles. The molecular weight excluding hydrogens is 500 g/mol. The van der Waals surface area contributed by atoms with E-state index in [0.717, 1.165) is 29.2 Å². The predicted molar refractivity (Wildman–Crippen MR) is 169 cm³/mol. The van der Waals surface area contributed by atoms with Crippen LogP contribution in [0, 0.1) is 0 Å². The largest absolute Gasteiger partial charge is 0.300 e. The molecule has 4 nitrogen and oxygen atoms in total. The fourth-order valence-electron chi connectivity index (χ4n) is 5.69. The highest BCUT2D eigenvalue weighted by Crippen LogP contribution is 2.30.